The first-order valence-corrected chi connectivity index (χ1v) is 5.18. The summed E-state index contributed by atoms with van der Waals surface area (Å²) in [5, 5.41) is 0. The van der Waals surface area contributed by atoms with Gasteiger partial charge >= 0.3 is 0 Å². The normalized spacial score (nSPS) is 14.2. The van der Waals surface area contributed by atoms with E-state index in [0.29, 0.717) is 10.4 Å². The van der Waals surface area contributed by atoms with Crippen molar-refractivity contribution in [3.63, 3.8) is 0 Å². The Morgan fingerprint density at radius 1 is 1.46 bits per heavy atom. The highest BCUT2D eigenvalue weighted by Gasteiger charge is 2.13. The van der Waals surface area contributed by atoms with E-state index >= 15 is 0 Å². The van der Waals surface area contributed by atoms with Gasteiger partial charge < -0.3 is 10.5 Å². The lowest BCUT2D eigenvalue weighted by atomic mass is 9.93. The Labute approximate surface area is 86.8 Å². The lowest BCUT2D eigenvalue weighted by molar-refractivity contribution is 0.0756. The van der Waals surface area contributed by atoms with Crippen LogP contribution in [-0.4, -0.2) is 17.7 Å². The van der Waals surface area contributed by atoms with Gasteiger partial charge in [0, 0.05) is 6.61 Å². The van der Waals surface area contributed by atoms with E-state index < -0.39 is 0 Å². The minimum absolute atomic E-state index is 0.0441. The molecule has 0 aromatic heterocycles. The molecule has 0 aromatic rings. The minimum atomic E-state index is -0.0441. The fourth-order valence-electron chi connectivity index (χ4n) is 0.909. The van der Waals surface area contributed by atoms with Gasteiger partial charge in [-0.1, -0.05) is 39.9 Å². The van der Waals surface area contributed by atoms with Crippen LogP contribution in [0.15, 0.2) is 0 Å². The molecule has 13 heavy (non-hydrogen) atoms. The monoisotopic (exact) mass is 203 g/mol. The average Bonchev–Trinajstić information content (AvgIpc) is 1.95. The molecular weight excluding hydrogens is 182 g/mol. The molecule has 0 spiro atoms. The van der Waals surface area contributed by atoms with Crippen molar-refractivity contribution in [3.8, 4) is 0 Å². The molecule has 0 amide bonds. The summed E-state index contributed by atoms with van der Waals surface area (Å²) in [5.74, 6) is 0. The molecule has 0 fully saturated rings. The van der Waals surface area contributed by atoms with Crippen LogP contribution < -0.4 is 5.73 Å². The van der Waals surface area contributed by atoms with Crippen LogP contribution in [0.2, 0.25) is 0 Å². The van der Waals surface area contributed by atoms with Crippen LogP contribution in [0, 0.1) is 5.41 Å². The number of hydrogen-bond donors (Lipinski definition) is 1. The Kier molecular flexibility index (Phi) is 5.49. The minimum Gasteiger partial charge on any atom is -0.391 e. The summed E-state index contributed by atoms with van der Waals surface area (Å²) in [6, 6.07) is 0. The van der Waals surface area contributed by atoms with Crippen molar-refractivity contribution in [3.05, 3.63) is 0 Å². The van der Waals surface area contributed by atoms with Gasteiger partial charge in [-0.3, -0.25) is 0 Å². The summed E-state index contributed by atoms with van der Waals surface area (Å²) >= 11 is 4.88. The van der Waals surface area contributed by atoms with Crippen LogP contribution in [0.4, 0.5) is 0 Å². The van der Waals surface area contributed by atoms with E-state index in [2.05, 4.69) is 20.8 Å². The first-order valence-electron chi connectivity index (χ1n) is 4.77. The molecule has 1 atom stereocenters. The summed E-state index contributed by atoms with van der Waals surface area (Å²) in [6.07, 6.45) is 1.85. The zero-order valence-corrected chi connectivity index (χ0v) is 9.91. The largest absolute Gasteiger partial charge is 0.391 e. The molecule has 0 saturated heterocycles. The van der Waals surface area contributed by atoms with Crippen LogP contribution in [0.3, 0.4) is 0 Å². The van der Waals surface area contributed by atoms with Crippen molar-refractivity contribution in [2.45, 2.75) is 46.6 Å². The number of nitrogens with two attached hydrogens (primary N) is 1. The summed E-state index contributed by atoms with van der Waals surface area (Å²) in [7, 11) is 0. The van der Waals surface area contributed by atoms with Gasteiger partial charge in [-0.25, -0.2) is 0 Å². The maximum Gasteiger partial charge on any atom is 0.107 e. The fourth-order valence-corrected chi connectivity index (χ4v) is 1.14. The average molecular weight is 203 g/mol. The van der Waals surface area contributed by atoms with Crippen molar-refractivity contribution in [2.75, 3.05) is 6.61 Å². The molecule has 0 heterocycles. The first kappa shape index (κ1) is 12.8. The summed E-state index contributed by atoms with van der Waals surface area (Å²) < 4.78 is 5.56. The second-order valence-electron chi connectivity index (χ2n) is 4.48. The molecule has 0 radical (unpaired) electrons. The maximum atomic E-state index is 5.56. The molecule has 2 nitrogen and oxygen atoms in total. The highest BCUT2D eigenvalue weighted by molar-refractivity contribution is 7.80. The van der Waals surface area contributed by atoms with Gasteiger partial charge in [0.05, 0.1) is 0 Å². The predicted molar refractivity (Wildman–Crippen MR) is 60.9 cm³/mol. The lowest BCUT2D eigenvalue weighted by Gasteiger charge is -2.20. The molecule has 0 rings (SSSR count). The van der Waals surface area contributed by atoms with Crippen LogP contribution in [0.1, 0.15) is 40.5 Å². The molecule has 78 valence electrons. The van der Waals surface area contributed by atoms with E-state index in [9.17, 15) is 0 Å². The molecule has 0 bridgehead atoms. The Balaban J connectivity index is 3.68. The van der Waals surface area contributed by atoms with Gasteiger partial charge in [-0.05, 0) is 18.3 Å². The Morgan fingerprint density at radius 2 is 2.00 bits per heavy atom. The smallest absolute Gasteiger partial charge is 0.107 e. The van der Waals surface area contributed by atoms with Crippen LogP contribution in [0.25, 0.3) is 0 Å². The molecule has 0 aromatic carbocycles. The number of hydrogen-bond acceptors (Lipinski definition) is 2. The topological polar surface area (TPSA) is 35.2 Å². The highest BCUT2D eigenvalue weighted by Crippen LogP contribution is 2.18. The summed E-state index contributed by atoms with van der Waals surface area (Å²) in [4.78, 5) is 0.469. The lowest BCUT2D eigenvalue weighted by Crippen LogP contribution is -2.29. The van der Waals surface area contributed by atoms with Crippen LogP contribution >= 0.6 is 12.2 Å². The Morgan fingerprint density at radius 3 is 2.31 bits per heavy atom. The van der Waals surface area contributed by atoms with Gasteiger partial charge in [-0.2, -0.15) is 0 Å². The van der Waals surface area contributed by atoms with Gasteiger partial charge in [0.15, 0.2) is 0 Å². The number of thiocarbonyl (C=S) groups is 1. The van der Waals surface area contributed by atoms with Crippen molar-refractivity contribution >= 4 is 17.2 Å². The Bertz CT molecular complexity index is 163. The summed E-state index contributed by atoms with van der Waals surface area (Å²) in [5.41, 5.74) is 5.82. The van der Waals surface area contributed by atoms with Crippen LogP contribution in [-0.2, 0) is 4.74 Å². The van der Waals surface area contributed by atoms with Crippen molar-refractivity contribution in [1.82, 2.24) is 0 Å². The highest BCUT2D eigenvalue weighted by atomic mass is 32.1. The second kappa shape index (κ2) is 5.55. The fraction of sp³-hybridized carbons (Fsp3) is 0.900. The van der Waals surface area contributed by atoms with E-state index in [0.717, 1.165) is 19.4 Å². The quantitative estimate of drug-likeness (QED) is 0.697. The van der Waals surface area contributed by atoms with Crippen LogP contribution in [0.5, 0.6) is 0 Å². The number of ether oxygens (including phenoxy) is 1. The van der Waals surface area contributed by atoms with Crippen molar-refractivity contribution < 1.29 is 4.74 Å². The molecule has 0 saturated carbocycles. The van der Waals surface area contributed by atoms with Gasteiger partial charge in [0.2, 0.25) is 0 Å². The summed E-state index contributed by atoms with van der Waals surface area (Å²) in [6.45, 7) is 9.34. The molecule has 2 N–H and O–H groups in total. The predicted octanol–water partition coefficient (Wildman–Crippen LogP) is 2.50. The molecule has 0 aliphatic carbocycles. The van der Waals surface area contributed by atoms with Crippen molar-refractivity contribution in [2.24, 2.45) is 11.1 Å². The van der Waals surface area contributed by atoms with E-state index in [1.165, 1.54) is 0 Å². The van der Waals surface area contributed by atoms with Crippen molar-refractivity contribution in [1.29, 1.82) is 0 Å². The first-order chi connectivity index (χ1) is 5.87. The molecule has 1 unspecified atom stereocenters. The maximum absolute atomic E-state index is 5.56. The standard InChI is InChI=1S/C10H21NOS/c1-5-8(9(11)13)12-7-6-10(2,3)4/h8H,5-7H2,1-4H3,(H2,11,13). The molecule has 3 heteroatoms. The zero-order chi connectivity index (χ0) is 10.5. The third-order valence-electron chi connectivity index (χ3n) is 1.86. The Hall–Kier alpha value is -0.150. The second-order valence-corrected chi connectivity index (χ2v) is 4.95. The zero-order valence-electron chi connectivity index (χ0n) is 9.09. The van der Waals surface area contributed by atoms with E-state index in [-0.39, 0.29) is 6.10 Å². The van der Waals surface area contributed by atoms with E-state index in [1.54, 1.807) is 0 Å². The van der Waals surface area contributed by atoms with Gasteiger partial charge in [0.25, 0.3) is 0 Å². The molecule has 0 aliphatic rings. The third-order valence-corrected chi connectivity index (χ3v) is 2.12. The molecular formula is C10H21NOS. The SMILES string of the molecule is CCC(OCCC(C)(C)C)C(N)=S. The molecule has 0 aliphatic heterocycles. The van der Waals surface area contributed by atoms with E-state index in [4.69, 9.17) is 22.7 Å². The van der Waals surface area contributed by atoms with E-state index in [1.807, 2.05) is 6.92 Å². The van der Waals surface area contributed by atoms with Gasteiger partial charge in [0.1, 0.15) is 11.1 Å². The number of rotatable bonds is 5. The van der Waals surface area contributed by atoms with Gasteiger partial charge in [-0.15, -0.1) is 0 Å². The third kappa shape index (κ3) is 6.96.